The molecule has 0 aliphatic carbocycles. The number of hydrogen-bond acceptors (Lipinski definition) is 5. The number of piperidine rings is 1. The Morgan fingerprint density at radius 2 is 2.39 bits per heavy atom. The van der Waals surface area contributed by atoms with E-state index in [1.165, 1.54) is 0 Å². The van der Waals surface area contributed by atoms with Crippen molar-refractivity contribution in [3.8, 4) is 0 Å². The maximum absolute atomic E-state index is 5.85. The maximum atomic E-state index is 5.85. The third-order valence-corrected chi connectivity index (χ3v) is 3.91. The Balaban J connectivity index is 1.93. The lowest BCUT2D eigenvalue weighted by atomic mass is 9.87. The van der Waals surface area contributed by atoms with Crippen LogP contribution in [0, 0.1) is 11.8 Å². The summed E-state index contributed by atoms with van der Waals surface area (Å²) in [4.78, 5) is 6.74. The molecule has 6 nitrogen and oxygen atoms in total. The van der Waals surface area contributed by atoms with E-state index in [0.29, 0.717) is 11.8 Å². The summed E-state index contributed by atoms with van der Waals surface area (Å²) in [6, 6.07) is 0. The number of hydrogen-bond donors (Lipinski definition) is 1. The molecule has 1 fully saturated rings. The predicted octanol–water partition coefficient (Wildman–Crippen LogP) is 0.545. The smallest absolute Gasteiger partial charge is 0.203 e. The lowest BCUT2D eigenvalue weighted by Crippen LogP contribution is -2.43. The van der Waals surface area contributed by atoms with Crippen LogP contribution in [0.15, 0.2) is 18.7 Å². The Hall–Kier alpha value is -1.69. The first-order valence-electron chi connectivity index (χ1n) is 6.39. The van der Waals surface area contributed by atoms with E-state index in [1.54, 1.807) is 12.5 Å². The summed E-state index contributed by atoms with van der Waals surface area (Å²) in [6.45, 7) is 4.97. The van der Waals surface area contributed by atoms with Crippen molar-refractivity contribution >= 4 is 11.5 Å². The van der Waals surface area contributed by atoms with E-state index < -0.39 is 0 Å². The molecule has 0 saturated carbocycles. The van der Waals surface area contributed by atoms with Gasteiger partial charge in [-0.2, -0.15) is 0 Å². The third-order valence-electron chi connectivity index (χ3n) is 3.91. The van der Waals surface area contributed by atoms with Crippen molar-refractivity contribution in [3.63, 3.8) is 0 Å². The number of nitrogens with two attached hydrogens (primary N) is 1. The van der Waals surface area contributed by atoms with Crippen molar-refractivity contribution in [2.75, 3.05) is 24.5 Å². The first-order valence-corrected chi connectivity index (χ1v) is 6.39. The van der Waals surface area contributed by atoms with Gasteiger partial charge in [0.25, 0.3) is 0 Å². The third kappa shape index (κ3) is 1.82. The van der Waals surface area contributed by atoms with Gasteiger partial charge in [-0.25, -0.2) is 4.98 Å². The molecule has 96 valence electrons. The lowest BCUT2D eigenvalue weighted by Gasteiger charge is -2.37. The Labute approximate surface area is 106 Å². The van der Waals surface area contributed by atoms with Crippen molar-refractivity contribution < 1.29 is 0 Å². The number of nitrogens with zero attached hydrogens (tertiary/aromatic N) is 5. The molecule has 2 unspecified atom stereocenters. The summed E-state index contributed by atoms with van der Waals surface area (Å²) >= 11 is 0. The molecule has 0 amide bonds. The molecule has 2 aromatic rings. The normalized spacial score (nSPS) is 24.7. The predicted molar refractivity (Wildman–Crippen MR) is 69.3 cm³/mol. The highest BCUT2D eigenvalue weighted by molar-refractivity contribution is 5.63. The fourth-order valence-corrected chi connectivity index (χ4v) is 2.62. The van der Waals surface area contributed by atoms with Crippen molar-refractivity contribution in [1.29, 1.82) is 0 Å². The first kappa shape index (κ1) is 11.4. The Morgan fingerprint density at radius 3 is 3.22 bits per heavy atom. The molecule has 2 N–H and O–H groups in total. The van der Waals surface area contributed by atoms with Gasteiger partial charge in [0.15, 0.2) is 5.82 Å². The molecule has 18 heavy (non-hydrogen) atoms. The zero-order valence-corrected chi connectivity index (χ0v) is 10.5. The highest BCUT2D eigenvalue weighted by atomic mass is 15.3. The van der Waals surface area contributed by atoms with Crippen molar-refractivity contribution in [1.82, 2.24) is 19.6 Å². The van der Waals surface area contributed by atoms with Crippen LogP contribution in [0.2, 0.25) is 0 Å². The molecule has 0 radical (unpaired) electrons. The van der Waals surface area contributed by atoms with Crippen LogP contribution in [0.3, 0.4) is 0 Å². The minimum atomic E-state index is 0.531. The van der Waals surface area contributed by atoms with Crippen LogP contribution in [0.1, 0.15) is 13.3 Å². The molecular weight excluding hydrogens is 228 g/mol. The largest absolute Gasteiger partial charge is 0.353 e. The SMILES string of the molecule is CC1CCN(c2nccn3cnnc23)CC1CN. The van der Waals surface area contributed by atoms with Gasteiger partial charge in [-0.15, -0.1) is 10.2 Å². The van der Waals surface area contributed by atoms with Gasteiger partial charge in [0.1, 0.15) is 6.33 Å². The zero-order chi connectivity index (χ0) is 12.5. The molecule has 2 aromatic heterocycles. The Kier molecular flexibility index (Phi) is 2.87. The van der Waals surface area contributed by atoms with Gasteiger partial charge >= 0.3 is 0 Å². The summed E-state index contributed by atoms with van der Waals surface area (Å²) in [5.41, 5.74) is 6.67. The van der Waals surface area contributed by atoms with E-state index in [-0.39, 0.29) is 0 Å². The van der Waals surface area contributed by atoms with Crippen LogP contribution in [-0.2, 0) is 0 Å². The molecule has 1 aliphatic heterocycles. The second-order valence-corrected chi connectivity index (χ2v) is 5.02. The van der Waals surface area contributed by atoms with Crippen molar-refractivity contribution in [2.45, 2.75) is 13.3 Å². The van der Waals surface area contributed by atoms with Crippen LogP contribution in [-0.4, -0.2) is 39.2 Å². The molecule has 6 heteroatoms. The monoisotopic (exact) mass is 246 g/mol. The van der Waals surface area contributed by atoms with Crippen molar-refractivity contribution in [3.05, 3.63) is 18.7 Å². The average molecular weight is 246 g/mol. The van der Waals surface area contributed by atoms with Gasteiger partial charge in [0.2, 0.25) is 5.65 Å². The number of anilines is 1. The van der Waals surface area contributed by atoms with Crippen LogP contribution in [0.4, 0.5) is 5.82 Å². The van der Waals surface area contributed by atoms with Crippen LogP contribution in [0.5, 0.6) is 0 Å². The minimum Gasteiger partial charge on any atom is -0.353 e. The van der Waals surface area contributed by atoms with Crippen LogP contribution < -0.4 is 10.6 Å². The summed E-state index contributed by atoms with van der Waals surface area (Å²) in [5.74, 6) is 2.13. The molecule has 0 aromatic carbocycles. The lowest BCUT2D eigenvalue weighted by molar-refractivity contribution is 0.307. The highest BCUT2D eigenvalue weighted by Gasteiger charge is 2.27. The van der Waals surface area contributed by atoms with Gasteiger partial charge in [-0.05, 0) is 24.8 Å². The molecule has 0 spiro atoms. The molecule has 3 rings (SSSR count). The van der Waals surface area contributed by atoms with Gasteiger partial charge in [0.05, 0.1) is 0 Å². The fraction of sp³-hybridized carbons (Fsp3) is 0.583. The fourth-order valence-electron chi connectivity index (χ4n) is 2.62. The van der Waals surface area contributed by atoms with Crippen molar-refractivity contribution in [2.24, 2.45) is 17.6 Å². The summed E-state index contributed by atoms with van der Waals surface area (Å²) in [7, 11) is 0. The minimum absolute atomic E-state index is 0.531. The molecule has 1 aliphatic rings. The molecular formula is C12H18N6. The van der Waals surface area contributed by atoms with E-state index >= 15 is 0 Å². The average Bonchev–Trinajstić information content (AvgIpc) is 2.87. The van der Waals surface area contributed by atoms with Gasteiger partial charge in [-0.1, -0.05) is 6.92 Å². The standard InChI is InChI=1S/C12H18N6/c1-9-2-4-17(7-10(9)6-13)11-12-16-15-8-18(12)5-3-14-11/h3,5,8-10H,2,4,6-7,13H2,1H3. The van der Waals surface area contributed by atoms with E-state index in [1.807, 2.05) is 10.6 Å². The Bertz CT molecular complexity index is 536. The summed E-state index contributed by atoms with van der Waals surface area (Å²) in [5, 5.41) is 8.07. The quantitative estimate of drug-likeness (QED) is 0.837. The van der Waals surface area contributed by atoms with E-state index in [9.17, 15) is 0 Å². The highest BCUT2D eigenvalue weighted by Crippen LogP contribution is 2.27. The number of fused-ring (bicyclic) bond motifs is 1. The van der Waals surface area contributed by atoms with E-state index in [4.69, 9.17) is 5.73 Å². The van der Waals surface area contributed by atoms with Crippen LogP contribution in [0.25, 0.3) is 5.65 Å². The maximum Gasteiger partial charge on any atom is 0.203 e. The summed E-state index contributed by atoms with van der Waals surface area (Å²) in [6.07, 6.45) is 6.51. The van der Waals surface area contributed by atoms with E-state index in [2.05, 4.69) is 27.0 Å². The second-order valence-electron chi connectivity index (χ2n) is 5.02. The molecule has 2 atom stereocenters. The molecule has 0 bridgehead atoms. The van der Waals surface area contributed by atoms with Gasteiger partial charge in [-0.3, -0.25) is 4.40 Å². The second kappa shape index (κ2) is 4.53. The Morgan fingerprint density at radius 1 is 1.50 bits per heavy atom. The first-order chi connectivity index (χ1) is 8.79. The zero-order valence-electron chi connectivity index (χ0n) is 10.5. The van der Waals surface area contributed by atoms with Gasteiger partial charge < -0.3 is 10.6 Å². The number of aromatic nitrogens is 4. The number of rotatable bonds is 2. The topological polar surface area (TPSA) is 72.3 Å². The van der Waals surface area contributed by atoms with Gasteiger partial charge in [0, 0.05) is 25.5 Å². The van der Waals surface area contributed by atoms with E-state index in [0.717, 1.165) is 37.5 Å². The molecule has 3 heterocycles. The summed E-state index contributed by atoms with van der Waals surface area (Å²) < 4.78 is 1.90. The molecule has 1 saturated heterocycles. The van der Waals surface area contributed by atoms with Crippen LogP contribution >= 0.6 is 0 Å².